The van der Waals surface area contributed by atoms with Crippen molar-refractivity contribution in [3.8, 4) is 0 Å². The molecule has 5 heteroatoms. The molecule has 0 aromatic carbocycles. The van der Waals surface area contributed by atoms with Gasteiger partial charge in [0.2, 0.25) is 11.8 Å². The molecule has 0 saturated carbocycles. The van der Waals surface area contributed by atoms with Crippen molar-refractivity contribution in [1.82, 2.24) is 15.1 Å². The first-order valence-corrected chi connectivity index (χ1v) is 5.00. The third-order valence-corrected chi connectivity index (χ3v) is 2.58. The van der Waals surface area contributed by atoms with E-state index >= 15 is 0 Å². The topological polar surface area (TPSA) is 68.2 Å². The van der Waals surface area contributed by atoms with Gasteiger partial charge >= 0.3 is 0 Å². The van der Waals surface area contributed by atoms with Crippen molar-refractivity contribution in [2.24, 2.45) is 5.73 Å². The van der Waals surface area contributed by atoms with E-state index in [0.29, 0.717) is 24.8 Å². The van der Waals surface area contributed by atoms with Gasteiger partial charge in [0.15, 0.2) is 0 Å². The van der Waals surface area contributed by atoms with Crippen LogP contribution >= 0.6 is 0 Å². The fourth-order valence-corrected chi connectivity index (χ4v) is 1.79. The summed E-state index contributed by atoms with van der Waals surface area (Å²) in [5.41, 5.74) is 5.41. The highest BCUT2D eigenvalue weighted by Gasteiger charge is 2.25. The van der Waals surface area contributed by atoms with Crippen LogP contribution in [0.15, 0.2) is 4.42 Å². The van der Waals surface area contributed by atoms with Crippen LogP contribution < -0.4 is 5.73 Å². The van der Waals surface area contributed by atoms with E-state index in [4.69, 9.17) is 10.2 Å². The zero-order valence-corrected chi connectivity index (χ0v) is 8.44. The van der Waals surface area contributed by atoms with Gasteiger partial charge in [-0.25, -0.2) is 0 Å². The normalized spacial score (nSPS) is 23.1. The molecule has 1 aliphatic heterocycles. The average molecular weight is 196 g/mol. The molecular formula is C9H16N4O. The maximum absolute atomic E-state index is 5.53. The van der Waals surface area contributed by atoms with Crippen LogP contribution in [0.3, 0.4) is 0 Å². The monoisotopic (exact) mass is 196 g/mol. The molecule has 1 aromatic heterocycles. The molecule has 1 aliphatic rings. The Morgan fingerprint density at radius 1 is 1.57 bits per heavy atom. The van der Waals surface area contributed by atoms with Crippen LogP contribution in [0.4, 0.5) is 0 Å². The van der Waals surface area contributed by atoms with Gasteiger partial charge in [-0.3, -0.25) is 0 Å². The van der Waals surface area contributed by atoms with E-state index in [1.165, 1.54) is 0 Å². The Labute approximate surface area is 83.3 Å². The Morgan fingerprint density at radius 3 is 3.07 bits per heavy atom. The molecule has 2 heterocycles. The van der Waals surface area contributed by atoms with Crippen molar-refractivity contribution >= 4 is 0 Å². The molecule has 0 spiro atoms. The lowest BCUT2D eigenvalue weighted by Crippen LogP contribution is -2.13. The van der Waals surface area contributed by atoms with Gasteiger partial charge < -0.3 is 15.1 Å². The van der Waals surface area contributed by atoms with Gasteiger partial charge in [0.05, 0.1) is 5.92 Å². The minimum Gasteiger partial charge on any atom is -0.425 e. The summed E-state index contributed by atoms with van der Waals surface area (Å²) in [5, 5.41) is 8.01. The highest BCUT2D eigenvalue weighted by Crippen LogP contribution is 2.24. The van der Waals surface area contributed by atoms with Gasteiger partial charge in [0, 0.05) is 19.5 Å². The van der Waals surface area contributed by atoms with E-state index in [0.717, 1.165) is 25.4 Å². The molecular weight excluding hydrogens is 180 g/mol. The number of rotatable bonds is 3. The maximum Gasteiger partial charge on any atom is 0.220 e. The number of likely N-dealkylation sites (tertiary alicyclic amines) is 1. The molecule has 0 amide bonds. The summed E-state index contributed by atoms with van der Waals surface area (Å²) in [4.78, 5) is 2.28. The number of nitrogens with zero attached hydrogens (tertiary/aromatic N) is 3. The Hall–Kier alpha value is -0.940. The van der Waals surface area contributed by atoms with Crippen LogP contribution in [0.25, 0.3) is 0 Å². The van der Waals surface area contributed by atoms with Crippen molar-refractivity contribution in [3.63, 3.8) is 0 Å². The fraction of sp³-hybridized carbons (Fsp3) is 0.778. The minimum absolute atomic E-state index is 0.416. The van der Waals surface area contributed by atoms with Crippen LogP contribution in [-0.2, 0) is 6.42 Å². The Bertz CT molecular complexity index is 299. The quantitative estimate of drug-likeness (QED) is 0.736. The zero-order chi connectivity index (χ0) is 9.97. The van der Waals surface area contributed by atoms with E-state index in [1.54, 1.807) is 0 Å². The third kappa shape index (κ3) is 1.93. The maximum atomic E-state index is 5.53. The lowest BCUT2D eigenvalue weighted by atomic mass is 10.1. The van der Waals surface area contributed by atoms with Crippen molar-refractivity contribution in [3.05, 3.63) is 11.8 Å². The van der Waals surface area contributed by atoms with Gasteiger partial charge in [0.1, 0.15) is 0 Å². The summed E-state index contributed by atoms with van der Waals surface area (Å²) in [6.45, 7) is 2.69. The van der Waals surface area contributed by atoms with Crippen molar-refractivity contribution < 1.29 is 4.42 Å². The molecule has 0 unspecified atom stereocenters. The number of likely N-dealkylation sites (N-methyl/N-ethyl adjacent to an activating group) is 1. The first-order valence-electron chi connectivity index (χ1n) is 5.00. The highest BCUT2D eigenvalue weighted by molar-refractivity contribution is 4.96. The molecule has 0 aliphatic carbocycles. The van der Waals surface area contributed by atoms with Gasteiger partial charge in [0.25, 0.3) is 0 Å². The van der Waals surface area contributed by atoms with Crippen LogP contribution in [0.5, 0.6) is 0 Å². The Balaban J connectivity index is 2.02. The standard InChI is InChI=1S/C9H16N4O/c1-13-5-3-7(6-13)9-12-11-8(14-9)2-4-10/h7H,2-6,10H2,1H3/t7-/m0/s1. The van der Waals surface area contributed by atoms with Gasteiger partial charge in [-0.15, -0.1) is 10.2 Å². The van der Waals surface area contributed by atoms with Crippen LogP contribution in [-0.4, -0.2) is 41.8 Å². The SMILES string of the molecule is CN1CC[C@H](c2nnc(CCN)o2)C1. The minimum atomic E-state index is 0.416. The molecule has 14 heavy (non-hydrogen) atoms. The Morgan fingerprint density at radius 2 is 2.43 bits per heavy atom. The first kappa shape index (κ1) is 9.61. The zero-order valence-electron chi connectivity index (χ0n) is 8.44. The van der Waals surface area contributed by atoms with Gasteiger partial charge in [-0.1, -0.05) is 0 Å². The summed E-state index contributed by atoms with van der Waals surface area (Å²) >= 11 is 0. The third-order valence-electron chi connectivity index (χ3n) is 2.58. The molecule has 2 rings (SSSR count). The van der Waals surface area contributed by atoms with E-state index in [1.807, 2.05) is 0 Å². The number of aromatic nitrogens is 2. The second-order valence-corrected chi connectivity index (χ2v) is 3.82. The predicted molar refractivity (Wildman–Crippen MR) is 51.9 cm³/mol. The van der Waals surface area contributed by atoms with Crippen LogP contribution in [0, 0.1) is 0 Å². The summed E-state index contributed by atoms with van der Waals surface area (Å²) in [7, 11) is 2.11. The molecule has 78 valence electrons. The van der Waals surface area contributed by atoms with Gasteiger partial charge in [-0.05, 0) is 20.0 Å². The molecule has 1 aromatic rings. The summed E-state index contributed by atoms with van der Waals surface area (Å²) in [5.74, 6) is 1.86. The first-order chi connectivity index (χ1) is 6.79. The van der Waals surface area contributed by atoms with Crippen LogP contribution in [0.1, 0.15) is 24.1 Å². The average Bonchev–Trinajstić information content (AvgIpc) is 2.74. The Kier molecular flexibility index (Phi) is 2.79. The highest BCUT2D eigenvalue weighted by atomic mass is 16.4. The second-order valence-electron chi connectivity index (χ2n) is 3.82. The summed E-state index contributed by atoms with van der Waals surface area (Å²) < 4.78 is 5.53. The molecule has 2 N–H and O–H groups in total. The molecule has 0 bridgehead atoms. The van der Waals surface area contributed by atoms with Crippen molar-refractivity contribution in [1.29, 1.82) is 0 Å². The van der Waals surface area contributed by atoms with E-state index in [-0.39, 0.29) is 0 Å². The number of hydrogen-bond acceptors (Lipinski definition) is 5. The van der Waals surface area contributed by atoms with E-state index < -0.39 is 0 Å². The second kappa shape index (κ2) is 4.06. The van der Waals surface area contributed by atoms with Gasteiger partial charge in [-0.2, -0.15) is 0 Å². The number of hydrogen-bond donors (Lipinski definition) is 1. The van der Waals surface area contributed by atoms with Crippen LogP contribution in [0.2, 0.25) is 0 Å². The summed E-state index contributed by atoms with van der Waals surface area (Å²) in [6, 6.07) is 0. The molecule has 1 fully saturated rings. The lowest BCUT2D eigenvalue weighted by Gasteiger charge is -2.05. The predicted octanol–water partition coefficient (Wildman–Crippen LogP) is -0.0101. The molecule has 1 saturated heterocycles. The molecule has 5 nitrogen and oxygen atoms in total. The van der Waals surface area contributed by atoms with Crippen molar-refractivity contribution in [2.45, 2.75) is 18.8 Å². The number of nitrogens with two attached hydrogens (primary N) is 1. The van der Waals surface area contributed by atoms with E-state index in [9.17, 15) is 0 Å². The smallest absolute Gasteiger partial charge is 0.220 e. The molecule has 1 atom stereocenters. The molecule has 0 radical (unpaired) electrons. The van der Waals surface area contributed by atoms with E-state index in [2.05, 4.69) is 22.1 Å². The lowest BCUT2D eigenvalue weighted by molar-refractivity contribution is 0.383. The van der Waals surface area contributed by atoms with Crippen molar-refractivity contribution in [2.75, 3.05) is 26.7 Å². The fourth-order valence-electron chi connectivity index (χ4n) is 1.79. The largest absolute Gasteiger partial charge is 0.425 e. The summed E-state index contributed by atoms with van der Waals surface area (Å²) in [6.07, 6.45) is 1.79.